The number of halogens is 1. The smallest absolute Gasteiger partial charge is 0.228 e. The standard InChI is InChI=1S/C16H19FN4O2/c1-11-9-21(16(22)7-14-8-18-19-20(14)2)10-15(23-11)12-3-5-13(17)6-4-12/h3-6,8,11,15H,7,9-10H2,1-2H3. The van der Waals surface area contributed by atoms with E-state index in [4.69, 9.17) is 4.74 Å². The third kappa shape index (κ3) is 3.56. The summed E-state index contributed by atoms with van der Waals surface area (Å²) in [5.41, 5.74) is 1.64. The molecule has 0 radical (unpaired) electrons. The summed E-state index contributed by atoms with van der Waals surface area (Å²) in [6.07, 6.45) is 1.53. The Labute approximate surface area is 133 Å². The van der Waals surface area contributed by atoms with Gasteiger partial charge in [-0.1, -0.05) is 17.3 Å². The zero-order chi connectivity index (χ0) is 16.4. The molecule has 0 spiro atoms. The van der Waals surface area contributed by atoms with Gasteiger partial charge in [-0.3, -0.25) is 9.48 Å². The molecular weight excluding hydrogens is 299 g/mol. The topological polar surface area (TPSA) is 60.2 Å². The summed E-state index contributed by atoms with van der Waals surface area (Å²) in [6, 6.07) is 6.22. The molecule has 0 aliphatic carbocycles. The lowest BCUT2D eigenvalue weighted by Crippen LogP contribution is -2.46. The number of aryl methyl sites for hydroxylation is 1. The van der Waals surface area contributed by atoms with E-state index in [2.05, 4.69) is 10.3 Å². The maximum Gasteiger partial charge on any atom is 0.228 e. The number of hydrogen-bond acceptors (Lipinski definition) is 4. The SMILES string of the molecule is CC1CN(C(=O)Cc2cnnn2C)CC(c2ccc(F)cc2)O1. The first-order valence-electron chi connectivity index (χ1n) is 7.55. The first-order chi connectivity index (χ1) is 11.0. The molecule has 122 valence electrons. The largest absolute Gasteiger partial charge is 0.367 e. The summed E-state index contributed by atoms with van der Waals surface area (Å²) in [7, 11) is 1.76. The van der Waals surface area contributed by atoms with Crippen LogP contribution in [0.4, 0.5) is 4.39 Å². The van der Waals surface area contributed by atoms with E-state index in [0.717, 1.165) is 11.3 Å². The Kier molecular flexibility index (Phi) is 4.38. The van der Waals surface area contributed by atoms with E-state index < -0.39 is 0 Å². The quantitative estimate of drug-likeness (QED) is 0.860. The highest BCUT2D eigenvalue weighted by Crippen LogP contribution is 2.25. The van der Waals surface area contributed by atoms with Gasteiger partial charge in [0.05, 0.1) is 31.0 Å². The van der Waals surface area contributed by atoms with Gasteiger partial charge in [-0.15, -0.1) is 5.10 Å². The fraction of sp³-hybridized carbons (Fsp3) is 0.438. The van der Waals surface area contributed by atoms with Gasteiger partial charge in [0.1, 0.15) is 11.9 Å². The molecule has 1 fully saturated rings. The Morgan fingerprint density at radius 2 is 2.09 bits per heavy atom. The summed E-state index contributed by atoms with van der Waals surface area (Å²) in [6.45, 7) is 2.93. The lowest BCUT2D eigenvalue weighted by atomic mass is 10.1. The van der Waals surface area contributed by atoms with Crippen molar-refractivity contribution in [1.82, 2.24) is 19.9 Å². The summed E-state index contributed by atoms with van der Waals surface area (Å²) < 4.78 is 20.6. The first-order valence-corrected chi connectivity index (χ1v) is 7.55. The molecule has 2 aromatic rings. The van der Waals surface area contributed by atoms with Crippen molar-refractivity contribution in [2.45, 2.75) is 25.6 Å². The maximum absolute atomic E-state index is 13.1. The van der Waals surface area contributed by atoms with E-state index >= 15 is 0 Å². The van der Waals surface area contributed by atoms with Gasteiger partial charge in [0.15, 0.2) is 0 Å². The van der Waals surface area contributed by atoms with E-state index in [1.54, 1.807) is 35.0 Å². The Morgan fingerprint density at radius 1 is 1.35 bits per heavy atom. The molecule has 0 bridgehead atoms. The van der Waals surface area contributed by atoms with Gasteiger partial charge in [0.2, 0.25) is 5.91 Å². The predicted molar refractivity (Wildman–Crippen MR) is 81.0 cm³/mol. The molecule has 1 aromatic heterocycles. The molecule has 2 unspecified atom stereocenters. The number of aromatic nitrogens is 3. The van der Waals surface area contributed by atoms with Gasteiger partial charge < -0.3 is 9.64 Å². The number of carbonyl (C=O) groups is 1. The second-order valence-electron chi connectivity index (χ2n) is 5.81. The minimum absolute atomic E-state index is 0.0117. The van der Waals surface area contributed by atoms with Gasteiger partial charge in [-0.2, -0.15) is 0 Å². The molecule has 1 aromatic carbocycles. The molecule has 3 rings (SSSR count). The molecule has 6 nitrogen and oxygen atoms in total. The molecule has 23 heavy (non-hydrogen) atoms. The van der Waals surface area contributed by atoms with Crippen LogP contribution < -0.4 is 0 Å². The van der Waals surface area contributed by atoms with Crippen LogP contribution in [0.1, 0.15) is 24.3 Å². The van der Waals surface area contributed by atoms with E-state index in [1.165, 1.54) is 12.1 Å². The predicted octanol–water partition coefficient (Wildman–Crippen LogP) is 1.49. The zero-order valence-corrected chi connectivity index (χ0v) is 13.1. The van der Waals surface area contributed by atoms with E-state index in [-0.39, 0.29) is 30.4 Å². The van der Waals surface area contributed by atoms with Crippen molar-refractivity contribution in [3.8, 4) is 0 Å². The minimum Gasteiger partial charge on any atom is -0.367 e. The normalized spacial score (nSPS) is 21.4. The fourth-order valence-electron chi connectivity index (χ4n) is 2.75. The van der Waals surface area contributed by atoms with Crippen LogP contribution in [0.25, 0.3) is 0 Å². The number of nitrogens with zero attached hydrogens (tertiary/aromatic N) is 4. The molecular formula is C16H19FN4O2. The van der Waals surface area contributed by atoms with Crippen LogP contribution in [-0.2, 0) is 23.0 Å². The van der Waals surface area contributed by atoms with Crippen molar-refractivity contribution in [3.05, 3.63) is 47.5 Å². The number of ether oxygens (including phenoxy) is 1. The second-order valence-corrected chi connectivity index (χ2v) is 5.81. The van der Waals surface area contributed by atoms with Crippen molar-refractivity contribution < 1.29 is 13.9 Å². The van der Waals surface area contributed by atoms with Gasteiger partial charge in [-0.05, 0) is 24.6 Å². The fourth-order valence-corrected chi connectivity index (χ4v) is 2.75. The van der Waals surface area contributed by atoms with Crippen molar-refractivity contribution >= 4 is 5.91 Å². The van der Waals surface area contributed by atoms with Crippen LogP contribution in [-0.4, -0.2) is 45.0 Å². The summed E-state index contributed by atoms with van der Waals surface area (Å²) in [5, 5.41) is 7.62. The first kappa shape index (κ1) is 15.6. The maximum atomic E-state index is 13.1. The molecule has 1 amide bonds. The Hall–Kier alpha value is -2.28. The number of carbonyl (C=O) groups excluding carboxylic acids is 1. The number of benzene rings is 1. The Balaban J connectivity index is 1.71. The highest BCUT2D eigenvalue weighted by Gasteiger charge is 2.29. The number of rotatable bonds is 3. The molecule has 7 heteroatoms. The van der Waals surface area contributed by atoms with Crippen molar-refractivity contribution in [2.24, 2.45) is 7.05 Å². The third-order valence-corrected chi connectivity index (χ3v) is 4.00. The summed E-state index contributed by atoms with van der Waals surface area (Å²) in [5.74, 6) is -0.271. The Morgan fingerprint density at radius 3 is 2.74 bits per heavy atom. The molecule has 1 aliphatic rings. The van der Waals surface area contributed by atoms with E-state index in [0.29, 0.717) is 13.1 Å². The number of amides is 1. The monoisotopic (exact) mass is 318 g/mol. The van der Waals surface area contributed by atoms with Gasteiger partial charge in [0.25, 0.3) is 0 Å². The molecule has 1 aliphatic heterocycles. The Bertz CT molecular complexity index is 686. The number of hydrogen-bond donors (Lipinski definition) is 0. The molecule has 2 atom stereocenters. The van der Waals surface area contributed by atoms with Crippen LogP contribution in [0, 0.1) is 5.82 Å². The molecule has 0 saturated carbocycles. The minimum atomic E-state index is -0.283. The second kappa shape index (κ2) is 6.45. The molecule has 2 heterocycles. The van der Waals surface area contributed by atoms with Crippen LogP contribution in [0.2, 0.25) is 0 Å². The van der Waals surface area contributed by atoms with Gasteiger partial charge in [0, 0.05) is 13.6 Å². The lowest BCUT2D eigenvalue weighted by Gasteiger charge is -2.37. The lowest BCUT2D eigenvalue weighted by molar-refractivity contribution is -0.144. The van der Waals surface area contributed by atoms with Crippen molar-refractivity contribution in [1.29, 1.82) is 0 Å². The summed E-state index contributed by atoms with van der Waals surface area (Å²) >= 11 is 0. The summed E-state index contributed by atoms with van der Waals surface area (Å²) in [4.78, 5) is 14.3. The highest BCUT2D eigenvalue weighted by molar-refractivity contribution is 5.78. The highest BCUT2D eigenvalue weighted by atomic mass is 19.1. The van der Waals surface area contributed by atoms with Crippen molar-refractivity contribution in [2.75, 3.05) is 13.1 Å². The van der Waals surface area contributed by atoms with E-state index in [9.17, 15) is 9.18 Å². The molecule has 0 N–H and O–H groups in total. The van der Waals surface area contributed by atoms with Crippen LogP contribution >= 0.6 is 0 Å². The molecule has 1 saturated heterocycles. The average Bonchev–Trinajstić information content (AvgIpc) is 2.92. The van der Waals surface area contributed by atoms with E-state index in [1.807, 2.05) is 6.92 Å². The van der Waals surface area contributed by atoms with Gasteiger partial charge in [-0.25, -0.2) is 4.39 Å². The van der Waals surface area contributed by atoms with Crippen LogP contribution in [0.5, 0.6) is 0 Å². The third-order valence-electron chi connectivity index (χ3n) is 4.00. The van der Waals surface area contributed by atoms with Crippen LogP contribution in [0.15, 0.2) is 30.5 Å². The number of morpholine rings is 1. The average molecular weight is 318 g/mol. The van der Waals surface area contributed by atoms with Gasteiger partial charge >= 0.3 is 0 Å². The van der Waals surface area contributed by atoms with Crippen LogP contribution in [0.3, 0.4) is 0 Å². The van der Waals surface area contributed by atoms with Crippen molar-refractivity contribution in [3.63, 3.8) is 0 Å². The zero-order valence-electron chi connectivity index (χ0n) is 13.1.